The third kappa shape index (κ3) is 2.70. The van der Waals surface area contributed by atoms with Gasteiger partial charge in [0.1, 0.15) is 0 Å². The first-order chi connectivity index (χ1) is 8.22. The first-order valence-electron chi connectivity index (χ1n) is 5.78. The molecule has 1 aromatic rings. The van der Waals surface area contributed by atoms with E-state index in [1.54, 1.807) is 6.07 Å². The number of hydrazine groups is 1. The molecule has 1 aliphatic rings. The fraction of sp³-hybridized carbons (Fsp3) is 0.417. The highest BCUT2D eigenvalue weighted by Gasteiger charge is 2.14. The van der Waals surface area contributed by atoms with Crippen LogP contribution in [0.15, 0.2) is 18.2 Å². The molecule has 3 N–H and O–H groups in total. The van der Waals surface area contributed by atoms with Crippen LogP contribution in [-0.2, 0) is 0 Å². The quantitative estimate of drug-likeness (QED) is 0.481. The van der Waals surface area contributed by atoms with Crippen molar-refractivity contribution >= 4 is 23.2 Å². The lowest BCUT2D eigenvalue weighted by molar-refractivity contribution is 0.0954. The van der Waals surface area contributed by atoms with Gasteiger partial charge in [-0.05, 0) is 37.5 Å². The number of amides is 1. The third-order valence-corrected chi connectivity index (χ3v) is 3.36. The van der Waals surface area contributed by atoms with E-state index in [0.717, 1.165) is 18.8 Å². The van der Waals surface area contributed by atoms with E-state index >= 15 is 0 Å². The molecule has 4 nitrogen and oxygen atoms in total. The van der Waals surface area contributed by atoms with Crippen LogP contribution in [0.5, 0.6) is 0 Å². The average Bonchev–Trinajstić information content (AvgIpc) is 2.39. The summed E-state index contributed by atoms with van der Waals surface area (Å²) in [5.41, 5.74) is 3.57. The highest BCUT2D eigenvalue weighted by Crippen LogP contribution is 2.25. The zero-order chi connectivity index (χ0) is 12.3. The minimum atomic E-state index is -0.361. The molecule has 92 valence electrons. The zero-order valence-electron chi connectivity index (χ0n) is 9.58. The number of hydrogen-bond donors (Lipinski definition) is 2. The van der Waals surface area contributed by atoms with Crippen LogP contribution in [0, 0.1) is 0 Å². The number of carbonyl (C=O) groups excluding carboxylic acids is 1. The molecule has 0 spiro atoms. The highest BCUT2D eigenvalue weighted by molar-refractivity contribution is 6.34. The Labute approximate surface area is 106 Å². The Kier molecular flexibility index (Phi) is 3.86. The molecule has 1 saturated heterocycles. The van der Waals surface area contributed by atoms with Crippen LogP contribution in [0.25, 0.3) is 0 Å². The number of nitrogens with zero attached hydrogens (tertiary/aromatic N) is 1. The van der Waals surface area contributed by atoms with Gasteiger partial charge in [0.15, 0.2) is 0 Å². The van der Waals surface area contributed by atoms with Gasteiger partial charge < -0.3 is 4.90 Å². The van der Waals surface area contributed by atoms with Crippen LogP contribution in [0.4, 0.5) is 5.69 Å². The maximum Gasteiger partial charge on any atom is 0.266 e. The van der Waals surface area contributed by atoms with Gasteiger partial charge in [-0.15, -0.1) is 0 Å². The number of anilines is 1. The summed E-state index contributed by atoms with van der Waals surface area (Å²) in [6, 6.07) is 5.47. The molecule has 2 rings (SSSR count). The molecule has 0 aromatic heterocycles. The van der Waals surface area contributed by atoms with Crippen molar-refractivity contribution in [2.75, 3.05) is 18.0 Å². The van der Waals surface area contributed by atoms with E-state index in [0.29, 0.717) is 10.6 Å². The van der Waals surface area contributed by atoms with E-state index < -0.39 is 0 Å². The predicted molar refractivity (Wildman–Crippen MR) is 69.2 cm³/mol. The first kappa shape index (κ1) is 12.2. The Balaban J connectivity index is 2.20. The van der Waals surface area contributed by atoms with Crippen molar-refractivity contribution in [2.45, 2.75) is 19.3 Å². The second kappa shape index (κ2) is 5.38. The molecule has 1 heterocycles. The summed E-state index contributed by atoms with van der Waals surface area (Å²) in [5, 5.41) is 0.441. The van der Waals surface area contributed by atoms with Gasteiger partial charge in [0.05, 0.1) is 10.6 Å². The summed E-state index contributed by atoms with van der Waals surface area (Å²) < 4.78 is 0. The number of nitrogens with two attached hydrogens (primary N) is 1. The lowest BCUT2D eigenvalue weighted by atomic mass is 10.1. The molecule has 17 heavy (non-hydrogen) atoms. The number of nitrogens with one attached hydrogen (secondary N) is 1. The van der Waals surface area contributed by atoms with E-state index in [1.807, 2.05) is 12.1 Å². The maximum absolute atomic E-state index is 11.4. The number of benzene rings is 1. The van der Waals surface area contributed by atoms with Crippen molar-refractivity contribution in [3.05, 3.63) is 28.8 Å². The molecule has 0 bridgehead atoms. The molecule has 0 unspecified atom stereocenters. The van der Waals surface area contributed by atoms with Gasteiger partial charge in [0, 0.05) is 18.8 Å². The number of nitrogen functional groups attached to an aromatic ring is 1. The van der Waals surface area contributed by atoms with Gasteiger partial charge in [-0.25, -0.2) is 5.84 Å². The first-order valence-corrected chi connectivity index (χ1v) is 6.15. The maximum atomic E-state index is 11.4. The molecular formula is C12H16ClN3O. The second-order valence-corrected chi connectivity index (χ2v) is 4.59. The highest BCUT2D eigenvalue weighted by atomic mass is 35.5. The normalized spacial score (nSPS) is 15.8. The van der Waals surface area contributed by atoms with Crippen LogP contribution < -0.4 is 16.2 Å². The van der Waals surface area contributed by atoms with Gasteiger partial charge >= 0.3 is 0 Å². The Morgan fingerprint density at radius 1 is 1.29 bits per heavy atom. The Morgan fingerprint density at radius 2 is 2.00 bits per heavy atom. The molecule has 0 atom stereocenters. The number of rotatable bonds is 2. The van der Waals surface area contributed by atoms with Crippen molar-refractivity contribution < 1.29 is 4.79 Å². The smallest absolute Gasteiger partial charge is 0.266 e. The van der Waals surface area contributed by atoms with E-state index in [4.69, 9.17) is 17.4 Å². The average molecular weight is 254 g/mol. The topological polar surface area (TPSA) is 58.4 Å². The second-order valence-electron chi connectivity index (χ2n) is 4.19. The Bertz CT molecular complexity index is 416. The monoisotopic (exact) mass is 253 g/mol. The van der Waals surface area contributed by atoms with Crippen LogP contribution >= 0.6 is 11.6 Å². The van der Waals surface area contributed by atoms with Crippen LogP contribution in [-0.4, -0.2) is 19.0 Å². The van der Waals surface area contributed by atoms with Crippen LogP contribution in [0.2, 0.25) is 5.02 Å². The van der Waals surface area contributed by atoms with Crippen molar-refractivity contribution in [2.24, 2.45) is 5.84 Å². The summed E-state index contributed by atoms with van der Waals surface area (Å²) in [5.74, 6) is 4.72. The van der Waals surface area contributed by atoms with Crippen LogP contribution in [0.1, 0.15) is 29.6 Å². The number of hydrogen-bond acceptors (Lipinski definition) is 3. The molecule has 0 aliphatic carbocycles. The summed E-state index contributed by atoms with van der Waals surface area (Å²) in [6.45, 7) is 2.11. The number of piperidine rings is 1. The fourth-order valence-corrected chi connectivity index (χ4v) is 2.38. The Morgan fingerprint density at radius 3 is 2.59 bits per heavy atom. The van der Waals surface area contributed by atoms with Crippen molar-refractivity contribution in [1.29, 1.82) is 0 Å². The minimum absolute atomic E-state index is 0.361. The van der Waals surface area contributed by atoms with E-state index in [9.17, 15) is 4.79 Å². The van der Waals surface area contributed by atoms with Gasteiger partial charge in [0.25, 0.3) is 5.91 Å². The van der Waals surface area contributed by atoms with E-state index in [1.165, 1.54) is 19.3 Å². The molecular weight excluding hydrogens is 238 g/mol. The molecule has 1 amide bonds. The summed E-state index contributed by atoms with van der Waals surface area (Å²) in [6.07, 6.45) is 3.71. The number of carbonyl (C=O) groups is 1. The molecule has 1 aromatic carbocycles. The zero-order valence-corrected chi connectivity index (χ0v) is 10.3. The van der Waals surface area contributed by atoms with E-state index in [2.05, 4.69) is 10.3 Å². The molecule has 0 saturated carbocycles. The van der Waals surface area contributed by atoms with Crippen molar-refractivity contribution in [3.63, 3.8) is 0 Å². The summed E-state index contributed by atoms with van der Waals surface area (Å²) in [4.78, 5) is 13.7. The molecule has 0 radical (unpaired) electrons. The van der Waals surface area contributed by atoms with Gasteiger partial charge in [-0.3, -0.25) is 10.2 Å². The minimum Gasteiger partial charge on any atom is -0.371 e. The summed E-state index contributed by atoms with van der Waals surface area (Å²) in [7, 11) is 0. The van der Waals surface area contributed by atoms with Gasteiger partial charge in [-0.2, -0.15) is 0 Å². The lowest BCUT2D eigenvalue weighted by Crippen LogP contribution is -2.31. The largest absolute Gasteiger partial charge is 0.371 e. The van der Waals surface area contributed by atoms with Gasteiger partial charge in [-0.1, -0.05) is 11.6 Å². The predicted octanol–water partition coefficient (Wildman–Crippen LogP) is 1.93. The molecule has 5 heteroatoms. The lowest BCUT2D eigenvalue weighted by Gasteiger charge is -2.29. The molecule has 1 fully saturated rings. The van der Waals surface area contributed by atoms with Crippen molar-refractivity contribution in [1.82, 2.24) is 5.43 Å². The van der Waals surface area contributed by atoms with Crippen molar-refractivity contribution in [3.8, 4) is 0 Å². The fourth-order valence-electron chi connectivity index (χ4n) is 2.11. The number of halogens is 1. The SMILES string of the molecule is NNC(=O)c1ccc(N2CCCCC2)cc1Cl. The standard InChI is InChI=1S/C12H16ClN3O/c13-11-8-9(16-6-2-1-3-7-16)4-5-10(11)12(17)15-14/h4-5,8H,1-3,6-7,14H2,(H,15,17). The Hall–Kier alpha value is -1.26. The summed E-state index contributed by atoms with van der Waals surface area (Å²) >= 11 is 6.08. The van der Waals surface area contributed by atoms with Crippen LogP contribution in [0.3, 0.4) is 0 Å². The third-order valence-electron chi connectivity index (χ3n) is 3.05. The van der Waals surface area contributed by atoms with E-state index in [-0.39, 0.29) is 5.91 Å². The molecule has 1 aliphatic heterocycles. The van der Waals surface area contributed by atoms with Gasteiger partial charge in [0.2, 0.25) is 0 Å².